The van der Waals surface area contributed by atoms with Crippen molar-refractivity contribution in [3.05, 3.63) is 59.9 Å². The molecule has 2 aromatic heterocycles. The van der Waals surface area contributed by atoms with Gasteiger partial charge in [-0.1, -0.05) is 17.7 Å². The third kappa shape index (κ3) is 4.65. The summed E-state index contributed by atoms with van der Waals surface area (Å²) in [7, 11) is 0. The zero-order valence-corrected chi connectivity index (χ0v) is 14.4. The Balaban J connectivity index is 1.97. The molecule has 2 heterocycles. The molecule has 0 aliphatic heterocycles. The largest absolute Gasteiger partial charge is 0.394 e. The van der Waals surface area contributed by atoms with Crippen LogP contribution in [-0.4, -0.2) is 32.7 Å². The van der Waals surface area contributed by atoms with E-state index in [-0.39, 0.29) is 12.6 Å². The van der Waals surface area contributed by atoms with Gasteiger partial charge in [-0.15, -0.1) is 0 Å². The van der Waals surface area contributed by atoms with Crippen LogP contribution in [0.15, 0.2) is 54.9 Å². The van der Waals surface area contributed by atoms with Crippen LogP contribution >= 0.6 is 11.6 Å². The van der Waals surface area contributed by atoms with E-state index in [1.54, 1.807) is 12.4 Å². The van der Waals surface area contributed by atoms with Gasteiger partial charge in [-0.2, -0.15) is 4.98 Å². The molecule has 0 unspecified atom stereocenters. The number of aliphatic hydroxyl groups is 1. The fourth-order valence-corrected chi connectivity index (χ4v) is 2.42. The Hall–Kier alpha value is -2.70. The zero-order valence-electron chi connectivity index (χ0n) is 13.6. The van der Waals surface area contributed by atoms with E-state index in [1.807, 2.05) is 49.4 Å². The van der Waals surface area contributed by atoms with Crippen LogP contribution in [0, 0.1) is 0 Å². The van der Waals surface area contributed by atoms with Gasteiger partial charge in [0, 0.05) is 40.8 Å². The van der Waals surface area contributed by atoms with E-state index in [4.69, 9.17) is 11.6 Å². The molecule has 3 rings (SSSR count). The summed E-state index contributed by atoms with van der Waals surface area (Å²) < 4.78 is 0. The molecule has 1 aromatic carbocycles. The van der Waals surface area contributed by atoms with Gasteiger partial charge >= 0.3 is 0 Å². The molecule has 3 N–H and O–H groups in total. The summed E-state index contributed by atoms with van der Waals surface area (Å²) >= 11 is 6.04. The van der Waals surface area contributed by atoms with Crippen LogP contribution in [0.5, 0.6) is 0 Å². The normalized spacial score (nSPS) is 11.8. The van der Waals surface area contributed by atoms with Gasteiger partial charge in [0.2, 0.25) is 5.95 Å². The Morgan fingerprint density at radius 1 is 1.12 bits per heavy atom. The van der Waals surface area contributed by atoms with Gasteiger partial charge in [0.05, 0.1) is 12.3 Å². The summed E-state index contributed by atoms with van der Waals surface area (Å²) in [6, 6.07) is 12.9. The molecule has 0 saturated heterocycles. The van der Waals surface area contributed by atoms with Crippen molar-refractivity contribution in [1.29, 1.82) is 0 Å². The molecular weight excluding hydrogens is 338 g/mol. The summed E-state index contributed by atoms with van der Waals surface area (Å²) in [5.41, 5.74) is 2.49. The summed E-state index contributed by atoms with van der Waals surface area (Å²) in [6.45, 7) is 1.84. The van der Waals surface area contributed by atoms with E-state index in [9.17, 15) is 5.11 Å². The van der Waals surface area contributed by atoms with Crippen molar-refractivity contribution in [3.63, 3.8) is 0 Å². The molecule has 1 atom stereocenters. The van der Waals surface area contributed by atoms with E-state index in [2.05, 4.69) is 25.6 Å². The molecule has 3 aromatic rings. The lowest BCUT2D eigenvalue weighted by molar-refractivity contribution is 0.281. The maximum absolute atomic E-state index is 9.26. The lowest BCUT2D eigenvalue weighted by Crippen LogP contribution is -2.21. The number of benzene rings is 1. The molecule has 0 amide bonds. The van der Waals surface area contributed by atoms with Crippen LogP contribution in [0.3, 0.4) is 0 Å². The molecule has 25 heavy (non-hydrogen) atoms. The van der Waals surface area contributed by atoms with Gasteiger partial charge in [-0.25, -0.2) is 4.98 Å². The first-order valence-corrected chi connectivity index (χ1v) is 8.21. The highest BCUT2D eigenvalue weighted by Gasteiger charge is 2.09. The third-order valence-electron chi connectivity index (χ3n) is 3.45. The molecule has 7 heteroatoms. The van der Waals surface area contributed by atoms with Gasteiger partial charge in [-0.05, 0) is 37.3 Å². The first-order chi connectivity index (χ1) is 12.1. The first-order valence-electron chi connectivity index (χ1n) is 7.83. The fourth-order valence-electron chi connectivity index (χ4n) is 2.23. The van der Waals surface area contributed by atoms with Gasteiger partial charge in [0.15, 0.2) is 0 Å². The molecule has 6 nitrogen and oxygen atoms in total. The van der Waals surface area contributed by atoms with Gasteiger partial charge in [0.1, 0.15) is 5.82 Å². The second-order valence-electron chi connectivity index (χ2n) is 5.56. The van der Waals surface area contributed by atoms with Crippen molar-refractivity contribution in [2.75, 3.05) is 17.2 Å². The lowest BCUT2D eigenvalue weighted by Gasteiger charge is -2.14. The highest BCUT2D eigenvalue weighted by Crippen LogP contribution is 2.24. The average molecular weight is 356 g/mol. The molecule has 0 fully saturated rings. The molecule has 0 aliphatic rings. The fraction of sp³-hybridized carbons (Fsp3) is 0.167. The van der Waals surface area contributed by atoms with Gasteiger partial charge < -0.3 is 15.7 Å². The van der Waals surface area contributed by atoms with E-state index in [0.717, 1.165) is 16.9 Å². The molecule has 0 saturated carbocycles. The standard InChI is InChI=1S/C18H18ClN5O/c1-12(11-25)21-18-23-16(13-5-7-20-8-6-13)10-17(24-18)22-15-4-2-3-14(19)9-15/h2-10,12,25H,11H2,1H3,(H2,21,22,23,24)/t12-/m1/s1. The minimum Gasteiger partial charge on any atom is -0.394 e. The molecular formula is C18H18ClN5O. The molecule has 0 spiro atoms. The van der Waals surface area contributed by atoms with Crippen molar-refractivity contribution < 1.29 is 5.11 Å². The van der Waals surface area contributed by atoms with Crippen LogP contribution in [0.25, 0.3) is 11.3 Å². The molecule has 0 radical (unpaired) electrons. The number of pyridine rings is 1. The van der Waals surface area contributed by atoms with Crippen molar-refractivity contribution in [2.45, 2.75) is 13.0 Å². The van der Waals surface area contributed by atoms with Gasteiger partial charge in [0.25, 0.3) is 0 Å². The van der Waals surface area contributed by atoms with Crippen molar-refractivity contribution in [1.82, 2.24) is 15.0 Å². The summed E-state index contributed by atoms with van der Waals surface area (Å²) in [6.07, 6.45) is 3.43. The molecule has 0 aliphatic carbocycles. The second-order valence-corrected chi connectivity index (χ2v) is 6.00. The number of rotatable bonds is 6. The monoisotopic (exact) mass is 355 g/mol. The van der Waals surface area contributed by atoms with Crippen molar-refractivity contribution in [3.8, 4) is 11.3 Å². The molecule has 128 valence electrons. The number of aliphatic hydroxyl groups excluding tert-OH is 1. The predicted molar refractivity (Wildman–Crippen MR) is 100 cm³/mol. The maximum atomic E-state index is 9.26. The van der Waals surface area contributed by atoms with Crippen LogP contribution in [0.1, 0.15) is 6.92 Å². The number of anilines is 3. The number of hydrogen-bond donors (Lipinski definition) is 3. The smallest absolute Gasteiger partial charge is 0.225 e. The first kappa shape index (κ1) is 17.1. The summed E-state index contributed by atoms with van der Waals surface area (Å²) in [5, 5.41) is 16.2. The van der Waals surface area contributed by atoms with Crippen LogP contribution in [0.2, 0.25) is 5.02 Å². The predicted octanol–water partition coefficient (Wildman–Crippen LogP) is 3.73. The quantitative estimate of drug-likeness (QED) is 0.625. The summed E-state index contributed by atoms with van der Waals surface area (Å²) in [4.78, 5) is 13.0. The SMILES string of the molecule is C[C@H](CO)Nc1nc(Nc2cccc(Cl)c2)cc(-c2ccncc2)n1. The number of nitrogens with zero attached hydrogens (tertiary/aromatic N) is 3. The Bertz CT molecular complexity index is 844. The number of hydrogen-bond acceptors (Lipinski definition) is 6. The second kappa shape index (κ2) is 7.92. The summed E-state index contributed by atoms with van der Waals surface area (Å²) in [5.74, 6) is 1.05. The number of halogens is 1. The van der Waals surface area contributed by atoms with Crippen LogP contribution in [-0.2, 0) is 0 Å². The minimum atomic E-state index is -0.160. The topological polar surface area (TPSA) is 83.0 Å². The van der Waals surface area contributed by atoms with Crippen molar-refractivity contribution in [2.24, 2.45) is 0 Å². The van der Waals surface area contributed by atoms with E-state index < -0.39 is 0 Å². The maximum Gasteiger partial charge on any atom is 0.225 e. The lowest BCUT2D eigenvalue weighted by atomic mass is 10.2. The third-order valence-corrected chi connectivity index (χ3v) is 3.68. The Morgan fingerprint density at radius 3 is 2.64 bits per heavy atom. The average Bonchev–Trinajstić information content (AvgIpc) is 2.62. The van der Waals surface area contributed by atoms with Gasteiger partial charge in [-0.3, -0.25) is 4.98 Å². The van der Waals surface area contributed by atoms with E-state index in [0.29, 0.717) is 16.8 Å². The number of aromatic nitrogens is 3. The highest BCUT2D eigenvalue weighted by molar-refractivity contribution is 6.30. The highest BCUT2D eigenvalue weighted by atomic mass is 35.5. The number of nitrogens with one attached hydrogen (secondary N) is 2. The Morgan fingerprint density at radius 2 is 1.92 bits per heavy atom. The zero-order chi connectivity index (χ0) is 17.6. The van der Waals surface area contributed by atoms with Crippen molar-refractivity contribution >= 4 is 29.1 Å². The Labute approximate surface area is 150 Å². The Kier molecular flexibility index (Phi) is 5.42. The minimum absolute atomic E-state index is 0.0140. The van der Waals surface area contributed by atoms with E-state index >= 15 is 0 Å². The van der Waals surface area contributed by atoms with E-state index in [1.165, 1.54) is 0 Å². The van der Waals surface area contributed by atoms with Crippen LogP contribution in [0.4, 0.5) is 17.5 Å². The molecule has 0 bridgehead atoms. The van der Waals surface area contributed by atoms with Crippen LogP contribution < -0.4 is 10.6 Å².